The molecule has 0 aromatic heterocycles. The number of rotatable bonds is 5. The smallest absolute Gasteiger partial charge is 0.157 e. The molecule has 116 valence electrons. The van der Waals surface area contributed by atoms with Gasteiger partial charge in [0.05, 0.1) is 13.2 Å². The zero-order valence-corrected chi connectivity index (χ0v) is 10.6. The molecule has 0 amide bonds. The Labute approximate surface area is 115 Å². The molecule has 0 radical (unpaired) electrons. The van der Waals surface area contributed by atoms with Gasteiger partial charge in [-0.15, -0.1) is 0 Å². The van der Waals surface area contributed by atoms with Gasteiger partial charge in [0.25, 0.3) is 0 Å². The minimum Gasteiger partial charge on any atom is -0.504 e. The van der Waals surface area contributed by atoms with Crippen molar-refractivity contribution in [3.63, 3.8) is 0 Å². The second-order valence-corrected chi connectivity index (χ2v) is 3.97. The number of aliphatic hydroxyl groups excluding tert-OH is 6. The average molecular weight is 292 g/mol. The molecule has 0 heterocycles. The summed E-state index contributed by atoms with van der Waals surface area (Å²) in [6.07, 6.45) is -6.39. The normalized spacial score (nSPS) is 16.5. The topological polar surface area (TPSA) is 162 Å². The first kappa shape index (κ1) is 18.6. The summed E-state index contributed by atoms with van der Waals surface area (Å²) < 4.78 is 0. The van der Waals surface area contributed by atoms with Crippen molar-refractivity contribution in [1.29, 1.82) is 0 Å². The summed E-state index contributed by atoms with van der Waals surface area (Å²) in [4.78, 5) is 0. The van der Waals surface area contributed by atoms with E-state index in [4.69, 9.17) is 40.9 Å². The predicted molar refractivity (Wildman–Crippen MR) is 68.0 cm³/mol. The molecule has 0 fully saturated rings. The highest BCUT2D eigenvalue weighted by Crippen LogP contribution is 2.21. The van der Waals surface area contributed by atoms with Gasteiger partial charge >= 0.3 is 0 Å². The first-order valence-corrected chi connectivity index (χ1v) is 5.76. The van der Waals surface area contributed by atoms with Crippen LogP contribution in [0.15, 0.2) is 24.3 Å². The maximum atomic E-state index is 8.96. The molecule has 1 rings (SSSR count). The number of benzene rings is 1. The van der Waals surface area contributed by atoms with Gasteiger partial charge in [-0.2, -0.15) is 0 Å². The van der Waals surface area contributed by atoms with E-state index in [2.05, 4.69) is 0 Å². The molecule has 0 aliphatic rings. The van der Waals surface area contributed by atoms with Crippen molar-refractivity contribution < 1.29 is 40.9 Å². The molecule has 8 heteroatoms. The molecule has 1 aromatic carbocycles. The van der Waals surface area contributed by atoms with Crippen molar-refractivity contribution in [3.8, 4) is 11.5 Å². The van der Waals surface area contributed by atoms with E-state index in [1.165, 1.54) is 12.1 Å². The van der Waals surface area contributed by atoms with E-state index >= 15 is 0 Å². The zero-order chi connectivity index (χ0) is 15.7. The summed E-state index contributed by atoms with van der Waals surface area (Å²) in [6, 6.07) is 6.15. The van der Waals surface area contributed by atoms with Gasteiger partial charge in [0, 0.05) is 0 Å². The average Bonchev–Trinajstić information content (AvgIpc) is 2.47. The summed E-state index contributed by atoms with van der Waals surface area (Å²) in [6.45, 7) is -1.45. The maximum absolute atomic E-state index is 8.96. The van der Waals surface area contributed by atoms with Crippen molar-refractivity contribution in [2.24, 2.45) is 0 Å². The Balaban J connectivity index is 0.000000388. The number of phenolic OH excluding ortho intramolecular Hbond substituents is 2. The Hall–Kier alpha value is -1.42. The predicted octanol–water partition coefficient (Wildman–Crippen LogP) is -2.49. The van der Waals surface area contributed by atoms with Crippen LogP contribution in [0.1, 0.15) is 0 Å². The van der Waals surface area contributed by atoms with Gasteiger partial charge in [0.2, 0.25) is 0 Å². The van der Waals surface area contributed by atoms with Crippen LogP contribution in [0.2, 0.25) is 0 Å². The lowest BCUT2D eigenvalue weighted by atomic mass is 10.0. The van der Waals surface area contributed by atoms with E-state index in [1.807, 2.05) is 0 Å². The molecule has 0 spiro atoms. The van der Waals surface area contributed by atoms with Crippen LogP contribution in [0.3, 0.4) is 0 Å². The number of hydrogen-bond donors (Lipinski definition) is 8. The molecule has 0 aliphatic heterocycles. The largest absolute Gasteiger partial charge is 0.504 e. The minimum absolute atomic E-state index is 0.0764. The van der Waals surface area contributed by atoms with Gasteiger partial charge in [-0.1, -0.05) is 12.1 Å². The number of hydrogen-bond acceptors (Lipinski definition) is 8. The van der Waals surface area contributed by atoms with E-state index in [0.29, 0.717) is 0 Å². The summed E-state index contributed by atoms with van der Waals surface area (Å²) in [5.74, 6) is -0.153. The van der Waals surface area contributed by atoms with Crippen molar-refractivity contribution in [3.05, 3.63) is 24.3 Å². The lowest BCUT2D eigenvalue weighted by Gasteiger charge is -2.24. The summed E-state index contributed by atoms with van der Waals surface area (Å²) >= 11 is 0. The lowest BCUT2D eigenvalue weighted by Crippen LogP contribution is -2.46. The van der Waals surface area contributed by atoms with Crippen LogP contribution in [-0.2, 0) is 0 Å². The van der Waals surface area contributed by atoms with Gasteiger partial charge in [-0.3, -0.25) is 0 Å². The molecular formula is C12H20O8. The number of aliphatic hydroxyl groups is 6. The fraction of sp³-hybridized carbons (Fsp3) is 0.500. The number of aromatic hydroxyl groups is 2. The Morgan fingerprint density at radius 2 is 1.00 bits per heavy atom. The minimum atomic E-state index is -1.67. The van der Waals surface area contributed by atoms with Gasteiger partial charge in [0.1, 0.15) is 24.4 Å². The Bertz CT molecular complexity index is 337. The highest BCUT2D eigenvalue weighted by molar-refractivity contribution is 5.36. The van der Waals surface area contributed by atoms with Gasteiger partial charge < -0.3 is 40.9 Å². The van der Waals surface area contributed by atoms with Crippen LogP contribution in [0.4, 0.5) is 0 Å². The van der Waals surface area contributed by atoms with Crippen molar-refractivity contribution in [1.82, 2.24) is 0 Å². The molecule has 0 saturated heterocycles. The zero-order valence-electron chi connectivity index (χ0n) is 10.6. The van der Waals surface area contributed by atoms with E-state index in [0.717, 1.165) is 0 Å². The standard InChI is InChI=1S/C6H14O6.C6H6O2/c7-1-3(9)5(11)6(12)4(10)2-8;7-5-3-1-2-4-6(5)8/h3-12H,1-2H2;1-4,7-8H/t3-,4-,5-,6-;/m1./s1. The van der Waals surface area contributed by atoms with Crippen molar-refractivity contribution >= 4 is 0 Å². The van der Waals surface area contributed by atoms with E-state index in [-0.39, 0.29) is 11.5 Å². The molecule has 20 heavy (non-hydrogen) atoms. The first-order valence-electron chi connectivity index (χ1n) is 5.76. The van der Waals surface area contributed by atoms with Crippen LogP contribution in [0.25, 0.3) is 0 Å². The van der Waals surface area contributed by atoms with Crippen LogP contribution in [0.5, 0.6) is 11.5 Å². The molecule has 0 saturated carbocycles. The molecule has 4 atom stereocenters. The highest BCUT2D eigenvalue weighted by atomic mass is 16.4. The fourth-order valence-electron chi connectivity index (χ4n) is 1.14. The maximum Gasteiger partial charge on any atom is 0.157 e. The SMILES string of the molecule is OC[C@@H](O)[C@@H](O)[C@H](O)[C@H](O)CO.Oc1ccccc1O. The monoisotopic (exact) mass is 292 g/mol. The van der Waals surface area contributed by atoms with Crippen LogP contribution in [-0.4, -0.2) is 78.5 Å². The molecule has 0 bridgehead atoms. The molecule has 0 aliphatic carbocycles. The second kappa shape index (κ2) is 9.48. The molecule has 1 aromatic rings. The van der Waals surface area contributed by atoms with Gasteiger partial charge in [-0.25, -0.2) is 0 Å². The Kier molecular flexibility index (Phi) is 8.81. The third kappa shape index (κ3) is 6.15. The summed E-state index contributed by atoms with van der Waals surface area (Å²) in [5, 5.41) is 69.5. The highest BCUT2D eigenvalue weighted by Gasteiger charge is 2.29. The molecule has 8 N–H and O–H groups in total. The van der Waals surface area contributed by atoms with E-state index < -0.39 is 37.6 Å². The third-order valence-electron chi connectivity index (χ3n) is 2.39. The molecule has 8 nitrogen and oxygen atoms in total. The van der Waals surface area contributed by atoms with E-state index in [1.54, 1.807) is 12.1 Å². The number of phenols is 2. The number of para-hydroxylation sites is 2. The van der Waals surface area contributed by atoms with Crippen LogP contribution < -0.4 is 0 Å². The summed E-state index contributed by atoms with van der Waals surface area (Å²) in [5.41, 5.74) is 0. The van der Waals surface area contributed by atoms with E-state index in [9.17, 15) is 0 Å². The quantitative estimate of drug-likeness (QED) is 0.276. The molecule has 0 unspecified atom stereocenters. The van der Waals surface area contributed by atoms with Crippen molar-refractivity contribution in [2.45, 2.75) is 24.4 Å². The Morgan fingerprint density at radius 1 is 0.700 bits per heavy atom. The van der Waals surface area contributed by atoms with Crippen molar-refractivity contribution in [2.75, 3.05) is 13.2 Å². The third-order valence-corrected chi connectivity index (χ3v) is 2.39. The molecular weight excluding hydrogens is 272 g/mol. The van der Waals surface area contributed by atoms with Crippen LogP contribution >= 0.6 is 0 Å². The lowest BCUT2D eigenvalue weighted by molar-refractivity contribution is -0.123. The second-order valence-electron chi connectivity index (χ2n) is 3.97. The fourth-order valence-corrected chi connectivity index (χ4v) is 1.14. The van der Waals surface area contributed by atoms with Gasteiger partial charge in [0.15, 0.2) is 11.5 Å². The first-order chi connectivity index (χ1) is 9.34. The Morgan fingerprint density at radius 3 is 1.20 bits per heavy atom. The summed E-state index contributed by atoms with van der Waals surface area (Å²) in [7, 11) is 0. The van der Waals surface area contributed by atoms with Gasteiger partial charge in [-0.05, 0) is 12.1 Å². The van der Waals surface area contributed by atoms with Crippen LogP contribution in [0, 0.1) is 0 Å².